The first kappa shape index (κ1) is 23.4. The third-order valence-electron chi connectivity index (χ3n) is 5.32. The highest BCUT2D eigenvalue weighted by Crippen LogP contribution is 2.18. The van der Waals surface area contributed by atoms with Gasteiger partial charge in [-0.3, -0.25) is 4.99 Å². The Kier molecular flexibility index (Phi) is 8.20. The Morgan fingerprint density at radius 3 is 2.84 bits per heavy atom. The topological polar surface area (TPSA) is 97.6 Å². The second kappa shape index (κ2) is 10.9. The molecule has 0 saturated carbocycles. The summed E-state index contributed by atoms with van der Waals surface area (Å²) in [6.07, 6.45) is 2.98. The second-order valence-corrected chi connectivity index (χ2v) is 9.09. The Bertz CT molecular complexity index is 710. The molecule has 3 atom stereocenters. The summed E-state index contributed by atoms with van der Waals surface area (Å²) in [5, 5.41) is 6.85. The second-order valence-electron chi connectivity index (χ2n) is 9.09. The molecular formula is C22H36N4O5. The van der Waals surface area contributed by atoms with Gasteiger partial charge in [-0.25, -0.2) is 4.79 Å². The van der Waals surface area contributed by atoms with Gasteiger partial charge in [-0.1, -0.05) is 0 Å². The van der Waals surface area contributed by atoms with E-state index in [0.717, 1.165) is 31.8 Å². The van der Waals surface area contributed by atoms with E-state index in [1.54, 1.807) is 18.3 Å². The van der Waals surface area contributed by atoms with Crippen molar-refractivity contribution in [1.82, 2.24) is 15.5 Å². The maximum Gasteiger partial charge on any atom is 0.410 e. The molecule has 3 rings (SSSR count). The van der Waals surface area contributed by atoms with Gasteiger partial charge in [-0.15, -0.1) is 0 Å². The van der Waals surface area contributed by atoms with Crippen LogP contribution in [0.1, 0.15) is 33.0 Å². The first-order valence-electron chi connectivity index (χ1n) is 11.0. The molecule has 1 aromatic rings. The van der Waals surface area contributed by atoms with Gasteiger partial charge in [0, 0.05) is 45.7 Å². The van der Waals surface area contributed by atoms with Crippen LogP contribution >= 0.6 is 0 Å². The summed E-state index contributed by atoms with van der Waals surface area (Å²) in [5.74, 6) is 2.06. The van der Waals surface area contributed by atoms with Crippen LogP contribution in [0.3, 0.4) is 0 Å². The molecule has 2 aliphatic heterocycles. The summed E-state index contributed by atoms with van der Waals surface area (Å²) in [6, 6.07) is 3.75. The summed E-state index contributed by atoms with van der Waals surface area (Å²) in [4.78, 5) is 19.0. The molecule has 2 fully saturated rings. The first-order valence-corrected chi connectivity index (χ1v) is 11.0. The summed E-state index contributed by atoms with van der Waals surface area (Å²) in [6.45, 7) is 9.48. The summed E-state index contributed by atoms with van der Waals surface area (Å²) in [7, 11) is 1.66. The van der Waals surface area contributed by atoms with E-state index in [1.807, 2.05) is 32.9 Å². The Hall–Kier alpha value is -2.26. The molecule has 0 aromatic carbocycles. The molecule has 2 unspecified atom stereocenters. The zero-order chi connectivity index (χ0) is 22.3. The van der Waals surface area contributed by atoms with E-state index in [9.17, 15) is 4.79 Å². The minimum atomic E-state index is -0.533. The number of guanidine groups is 1. The van der Waals surface area contributed by atoms with E-state index in [4.69, 9.17) is 23.6 Å². The van der Waals surface area contributed by atoms with Crippen LogP contribution < -0.4 is 10.6 Å². The van der Waals surface area contributed by atoms with Crippen molar-refractivity contribution in [3.63, 3.8) is 0 Å². The van der Waals surface area contributed by atoms with Crippen LogP contribution in [0.2, 0.25) is 0 Å². The van der Waals surface area contributed by atoms with Crippen molar-refractivity contribution in [2.45, 2.75) is 51.4 Å². The predicted octanol–water partition coefficient (Wildman–Crippen LogP) is 2.03. The van der Waals surface area contributed by atoms with Gasteiger partial charge in [-0.2, -0.15) is 0 Å². The fourth-order valence-corrected chi connectivity index (χ4v) is 3.66. The number of hydrogen-bond acceptors (Lipinski definition) is 6. The van der Waals surface area contributed by atoms with E-state index in [-0.39, 0.29) is 18.2 Å². The van der Waals surface area contributed by atoms with Gasteiger partial charge in [0.2, 0.25) is 0 Å². The lowest BCUT2D eigenvalue weighted by atomic mass is 10.1. The number of carbonyl (C=O) groups is 1. The number of methoxy groups -OCH3 is 1. The number of furan rings is 1. The fourth-order valence-electron chi connectivity index (χ4n) is 3.66. The molecule has 9 nitrogen and oxygen atoms in total. The van der Waals surface area contributed by atoms with Gasteiger partial charge in [-0.05, 0) is 39.3 Å². The third kappa shape index (κ3) is 7.43. The van der Waals surface area contributed by atoms with Gasteiger partial charge in [0.25, 0.3) is 0 Å². The van der Waals surface area contributed by atoms with E-state index in [0.29, 0.717) is 38.1 Å². The van der Waals surface area contributed by atoms with Crippen LogP contribution in [-0.2, 0) is 20.6 Å². The van der Waals surface area contributed by atoms with Crippen molar-refractivity contribution in [2.24, 2.45) is 10.9 Å². The molecule has 31 heavy (non-hydrogen) atoms. The highest BCUT2D eigenvalue weighted by molar-refractivity contribution is 5.80. The molecule has 1 aromatic heterocycles. The van der Waals surface area contributed by atoms with Crippen molar-refractivity contribution in [3.8, 4) is 0 Å². The molecular weight excluding hydrogens is 400 g/mol. The van der Waals surface area contributed by atoms with Gasteiger partial charge >= 0.3 is 6.09 Å². The Balaban J connectivity index is 1.60. The molecule has 3 heterocycles. The van der Waals surface area contributed by atoms with Crippen LogP contribution in [0.25, 0.3) is 0 Å². The summed E-state index contributed by atoms with van der Waals surface area (Å²) >= 11 is 0. The van der Waals surface area contributed by atoms with Gasteiger partial charge in [0.05, 0.1) is 31.6 Å². The molecule has 1 amide bonds. The zero-order valence-corrected chi connectivity index (χ0v) is 19.1. The number of ether oxygens (including phenoxy) is 3. The van der Waals surface area contributed by atoms with Gasteiger partial charge in [0.1, 0.15) is 11.4 Å². The molecule has 0 radical (unpaired) electrons. The first-order chi connectivity index (χ1) is 14.8. The zero-order valence-electron chi connectivity index (χ0n) is 19.1. The Labute approximate surface area is 184 Å². The van der Waals surface area contributed by atoms with Crippen LogP contribution in [0.5, 0.6) is 0 Å². The number of carbonyl (C=O) groups excluding carboxylic acids is 1. The molecule has 0 spiro atoms. The number of nitrogens with zero attached hydrogens (tertiary/aromatic N) is 2. The lowest BCUT2D eigenvalue weighted by molar-refractivity contribution is 0.0252. The maximum absolute atomic E-state index is 12.5. The molecule has 2 saturated heterocycles. The third-order valence-corrected chi connectivity index (χ3v) is 5.32. The van der Waals surface area contributed by atoms with Crippen molar-refractivity contribution in [2.75, 3.05) is 46.5 Å². The molecule has 174 valence electrons. The summed E-state index contributed by atoms with van der Waals surface area (Å²) in [5.41, 5.74) is -0.533. The van der Waals surface area contributed by atoms with Crippen LogP contribution in [0.4, 0.5) is 4.79 Å². The van der Waals surface area contributed by atoms with Crippen molar-refractivity contribution in [1.29, 1.82) is 0 Å². The minimum absolute atomic E-state index is 0.0905. The molecule has 0 aliphatic carbocycles. The molecule has 2 N–H and O–H groups in total. The van der Waals surface area contributed by atoms with Crippen molar-refractivity contribution in [3.05, 3.63) is 24.2 Å². The molecule has 0 bridgehead atoms. The van der Waals surface area contributed by atoms with Crippen molar-refractivity contribution >= 4 is 12.1 Å². The lowest BCUT2D eigenvalue weighted by Gasteiger charge is -2.24. The van der Waals surface area contributed by atoms with E-state index in [2.05, 4.69) is 10.6 Å². The summed E-state index contributed by atoms with van der Waals surface area (Å²) < 4.78 is 22.0. The minimum Gasteiger partial charge on any atom is -0.469 e. The lowest BCUT2D eigenvalue weighted by Crippen LogP contribution is -2.49. The number of aliphatic imine (C=N–C) groups is 1. The standard InChI is InChI=1S/C22H36N4O5/c1-22(2,3)31-21(27)26-13-18(19(14-26)28-4)25-20(24-12-16-8-11-29-15-16)23-9-7-17-6-5-10-30-17/h5-6,10,16,18-19H,7-9,11-15H2,1-4H3,(H2,23,24,25)/t16?,18?,19-/m0/s1. The van der Waals surface area contributed by atoms with Crippen molar-refractivity contribution < 1.29 is 23.4 Å². The van der Waals surface area contributed by atoms with Crippen LogP contribution in [0.15, 0.2) is 27.8 Å². The van der Waals surface area contributed by atoms with Crippen LogP contribution in [-0.4, -0.2) is 81.2 Å². The average Bonchev–Trinajstić information content (AvgIpc) is 3.46. The fraction of sp³-hybridized carbons (Fsp3) is 0.727. The van der Waals surface area contributed by atoms with E-state index >= 15 is 0 Å². The highest BCUT2D eigenvalue weighted by atomic mass is 16.6. The van der Waals surface area contributed by atoms with Crippen LogP contribution in [0, 0.1) is 5.92 Å². The maximum atomic E-state index is 12.5. The smallest absolute Gasteiger partial charge is 0.410 e. The average molecular weight is 437 g/mol. The Morgan fingerprint density at radius 2 is 2.19 bits per heavy atom. The Morgan fingerprint density at radius 1 is 1.35 bits per heavy atom. The number of likely N-dealkylation sites (tertiary alicyclic amines) is 1. The van der Waals surface area contributed by atoms with E-state index < -0.39 is 5.60 Å². The normalized spacial score (nSPS) is 24.5. The van der Waals surface area contributed by atoms with Gasteiger partial charge < -0.3 is 34.2 Å². The number of nitrogens with one attached hydrogen (secondary N) is 2. The predicted molar refractivity (Wildman–Crippen MR) is 117 cm³/mol. The number of rotatable bonds is 7. The highest BCUT2D eigenvalue weighted by Gasteiger charge is 2.38. The molecule has 2 aliphatic rings. The SMILES string of the molecule is CO[C@H]1CN(C(=O)OC(C)(C)C)CC1NC(=NCC1CCOC1)NCCc1ccco1. The molecule has 9 heteroatoms. The van der Waals surface area contributed by atoms with E-state index in [1.165, 1.54) is 0 Å². The largest absolute Gasteiger partial charge is 0.469 e. The number of hydrogen-bond donors (Lipinski definition) is 2. The monoisotopic (exact) mass is 436 g/mol. The number of amides is 1. The quantitative estimate of drug-likeness (QED) is 0.499. The van der Waals surface area contributed by atoms with Gasteiger partial charge in [0.15, 0.2) is 5.96 Å².